The lowest BCUT2D eigenvalue weighted by molar-refractivity contribution is 0.174. The molecule has 0 unspecified atom stereocenters. The SMILES string of the molecule is Cc1cc(Nc2cncc(Nc3ccc4c(c3)OCO4)n2)n[nH]1. The smallest absolute Gasteiger partial charge is 0.231 e. The molecule has 8 nitrogen and oxygen atoms in total. The lowest BCUT2D eigenvalue weighted by atomic mass is 10.3. The number of nitrogens with zero attached hydrogens (tertiary/aromatic N) is 3. The third-order valence-electron chi connectivity index (χ3n) is 3.24. The topological polar surface area (TPSA) is 97.0 Å². The van der Waals surface area contributed by atoms with Gasteiger partial charge in [-0.15, -0.1) is 0 Å². The summed E-state index contributed by atoms with van der Waals surface area (Å²) in [5, 5.41) is 13.3. The second-order valence-corrected chi connectivity index (χ2v) is 5.04. The van der Waals surface area contributed by atoms with E-state index in [-0.39, 0.29) is 6.79 Å². The lowest BCUT2D eigenvalue weighted by Crippen LogP contribution is -1.99. The quantitative estimate of drug-likeness (QED) is 0.681. The average Bonchev–Trinajstić information content (AvgIpc) is 3.16. The van der Waals surface area contributed by atoms with Crippen molar-refractivity contribution in [2.24, 2.45) is 0 Å². The predicted molar refractivity (Wildman–Crippen MR) is 84.5 cm³/mol. The molecule has 3 N–H and O–H groups in total. The summed E-state index contributed by atoms with van der Waals surface area (Å²) in [6, 6.07) is 7.50. The number of aromatic nitrogens is 4. The first-order valence-electron chi connectivity index (χ1n) is 7.04. The summed E-state index contributed by atoms with van der Waals surface area (Å²) in [5.74, 6) is 3.36. The number of H-pyrrole nitrogens is 1. The van der Waals surface area contributed by atoms with Crippen LogP contribution in [0.5, 0.6) is 11.5 Å². The van der Waals surface area contributed by atoms with Crippen LogP contribution in [0.1, 0.15) is 5.69 Å². The number of rotatable bonds is 4. The van der Waals surface area contributed by atoms with Crippen molar-refractivity contribution in [2.75, 3.05) is 17.4 Å². The number of aromatic amines is 1. The minimum absolute atomic E-state index is 0.251. The molecule has 0 saturated carbocycles. The Hall–Kier alpha value is -3.29. The van der Waals surface area contributed by atoms with Crippen LogP contribution in [0.15, 0.2) is 36.7 Å². The van der Waals surface area contributed by atoms with Crippen molar-refractivity contribution in [1.29, 1.82) is 0 Å². The fourth-order valence-electron chi connectivity index (χ4n) is 2.22. The van der Waals surface area contributed by atoms with Crippen LogP contribution in [-0.4, -0.2) is 27.0 Å². The van der Waals surface area contributed by atoms with E-state index < -0.39 is 0 Å². The standard InChI is InChI=1S/C15H14N6O2/c1-9-4-13(21-20-9)18-15-7-16-6-14(19-15)17-10-2-3-11-12(5-10)23-8-22-11/h2-7H,8H2,1H3,(H3,17,18,19,20,21). The number of nitrogens with one attached hydrogen (secondary N) is 3. The van der Waals surface area contributed by atoms with Crippen LogP contribution in [0.2, 0.25) is 0 Å². The largest absolute Gasteiger partial charge is 0.454 e. The maximum absolute atomic E-state index is 5.36. The fourth-order valence-corrected chi connectivity index (χ4v) is 2.22. The highest BCUT2D eigenvalue weighted by molar-refractivity contribution is 5.63. The van der Waals surface area contributed by atoms with E-state index >= 15 is 0 Å². The Morgan fingerprint density at radius 1 is 1.00 bits per heavy atom. The molecule has 0 fully saturated rings. The Labute approximate surface area is 131 Å². The molecule has 3 aromatic rings. The van der Waals surface area contributed by atoms with Crippen molar-refractivity contribution in [3.05, 3.63) is 42.4 Å². The summed E-state index contributed by atoms with van der Waals surface area (Å²) in [4.78, 5) is 8.63. The number of hydrogen-bond acceptors (Lipinski definition) is 7. The van der Waals surface area contributed by atoms with Gasteiger partial charge in [-0.2, -0.15) is 5.10 Å². The molecule has 1 aliphatic rings. The molecule has 0 aliphatic carbocycles. The molecule has 0 bridgehead atoms. The normalized spacial score (nSPS) is 12.2. The molecule has 3 heterocycles. The van der Waals surface area contributed by atoms with Crippen LogP contribution >= 0.6 is 0 Å². The monoisotopic (exact) mass is 310 g/mol. The lowest BCUT2D eigenvalue weighted by Gasteiger charge is -2.08. The Morgan fingerprint density at radius 2 is 1.83 bits per heavy atom. The van der Waals surface area contributed by atoms with Gasteiger partial charge in [-0.05, 0) is 19.1 Å². The molecule has 1 aromatic carbocycles. The summed E-state index contributed by atoms with van der Waals surface area (Å²) in [6.07, 6.45) is 3.28. The molecule has 0 saturated heterocycles. The van der Waals surface area contributed by atoms with Crippen LogP contribution in [-0.2, 0) is 0 Å². The van der Waals surface area contributed by atoms with E-state index in [0.717, 1.165) is 17.1 Å². The van der Waals surface area contributed by atoms with Crippen molar-refractivity contribution in [1.82, 2.24) is 20.2 Å². The number of ether oxygens (including phenoxy) is 2. The van der Waals surface area contributed by atoms with E-state index in [4.69, 9.17) is 9.47 Å². The zero-order chi connectivity index (χ0) is 15.6. The van der Waals surface area contributed by atoms with E-state index in [1.807, 2.05) is 31.2 Å². The Morgan fingerprint density at radius 3 is 2.65 bits per heavy atom. The van der Waals surface area contributed by atoms with Gasteiger partial charge in [-0.3, -0.25) is 10.1 Å². The third-order valence-corrected chi connectivity index (χ3v) is 3.24. The van der Waals surface area contributed by atoms with Crippen LogP contribution in [0.25, 0.3) is 0 Å². The van der Waals surface area contributed by atoms with E-state index in [1.54, 1.807) is 12.4 Å². The van der Waals surface area contributed by atoms with Gasteiger partial charge in [0.15, 0.2) is 29.0 Å². The summed E-state index contributed by atoms with van der Waals surface area (Å²) in [7, 11) is 0. The van der Waals surface area contributed by atoms with Crippen molar-refractivity contribution >= 4 is 23.1 Å². The van der Waals surface area contributed by atoms with Gasteiger partial charge in [-0.25, -0.2) is 4.98 Å². The minimum Gasteiger partial charge on any atom is -0.454 e. The van der Waals surface area contributed by atoms with Crippen molar-refractivity contribution in [3.63, 3.8) is 0 Å². The molecule has 0 amide bonds. The summed E-state index contributed by atoms with van der Waals surface area (Å²) < 4.78 is 10.7. The van der Waals surface area contributed by atoms with Gasteiger partial charge in [0, 0.05) is 23.5 Å². The molecule has 23 heavy (non-hydrogen) atoms. The van der Waals surface area contributed by atoms with Gasteiger partial charge in [0.05, 0.1) is 12.4 Å². The molecule has 0 spiro atoms. The molecule has 1 aliphatic heterocycles. The van der Waals surface area contributed by atoms with E-state index in [9.17, 15) is 0 Å². The maximum atomic E-state index is 5.36. The summed E-state index contributed by atoms with van der Waals surface area (Å²) in [6.45, 7) is 2.18. The highest BCUT2D eigenvalue weighted by Crippen LogP contribution is 2.34. The van der Waals surface area contributed by atoms with Gasteiger partial charge in [0.25, 0.3) is 0 Å². The van der Waals surface area contributed by atoms with Crippen LogP contribution in [0, 0.1) is 6.92 Å². The van der Waals surface area contributed by atoms with Crippen LogP contribution < -0.4 is 20.1 Å². The molecular formula is C15H14N6O2. The highest BCUT2D eigenvalue weighted by atomic mass is 16.7. The van der Waals surface area contributed by atoms with Gasteiger partial charge in [-0.1, -0.05) is 0 Å². The molecule has 4 rings (SSSR count). The molecule has 0 radical (unpaired) electrons. The minimum atomic E-state index is 0.251. The van der Waals surface area contributed by atoms with Gasteiger partial charge < -0.3 is 20.1 Å². The Balaban J connectivity index is 1.52. The summed E-state index contributed by atoms with van der Waals surface area (Å²) >= 11 is 0. The molecule has 2 aromatic heterocycles. The predicted octanol–water partition coefficient (Wildman–Crippen LogP) is 2.72. The summed E-state index contributed by atoms with van der Waals surface area (Å²) in [5.41, 5.74) is 1.81. The first kappa shape index (κ1) is 13.4. The Bertz CT molecular complexity index is 847. The first-order chi connectivity index (χ1) is 11.3. The zero-order valence-corrected chi connectivity index (χ0v) is 12.3. The van der Waals surface area contributed by atoms with Crippen LogP contribution in [0.4, 0.5) is 23.1 Å². The van der Waals surface area contributed by atoms with Crippen LogP contribution in [0.3, 0.4) is 0 Å². The fraction of sp³-hybridized carbons (Fsp3) is 0.133. The number of benzene rings is 1. The van der Waals surface area contributed by atoms with Crippen molar-refractivity contribution in [2.45, 2.75) is 6.92 Å². The maximum Gasteiger partial charge on any atom is 0.231 e. The number of aryl methyl sites for hydroxylation is 1. The first-order valence-corrected chi connectivity index (χ1v) is 7.04. The van der Waals surface area contributed by atoms with E-state index in [0.29, 0.717) is 23.2 Å². The molecular weight excluding hydrogens is 296 g/mol. The van der Waals surface area contributed by atoms with Gasteiger partial charge in [0.1, 0.15) is 0 Å². The number of fused-ring (bicyclic) bond motifs is 1. The second-order valence-electron chi connectivity index (χ2n) is 5.04. The molecule has 0 atom stereocenters. The zero-order valence-electron chi connectivity index (χ0n) is 12.3. The number of hydrogen-bond donors (Lipinski definition) is 3. The van der Waals surface area contributed by atoms with Crippen molar-refractivity contribution < 1.29 is 9.47 Å². The number of anilines is 4. The Kier molecular flexibility index (Phi) is 3.19. The highest BCUT2D eigenvalue weighted by Gasteiger charge is 2.13. The molecule has 116 valence electrons. The third kappa shape index (κ3) is 2.86. The molecule has 8 heteroatoms. The van der Waals surface area contributed by atoms with Gasteiger partial charge in [0.2, 0.25) is 6.79 Å². The van der Waals surface area contributed by atoms with Crippen molar-refractivity contribution in [3.8, 4) is 11.5 Å². The van der Waals surface area contributed by atoms with Gasteiger partial charge >= 0.3 is 0 Å². The van der Waals surface area contributed by atoms with E-state index in [2.05, 4.69) is 30.8 Å². The second kappa shape index (κ2) is 5.48. The van der Waals surface area contributed by atoms with E-state index in [1.165, 1.54) is 0 Å². The average molecular weight is 310 g/mol.